The summed E-state index contributed by atoms with van der Waals surface area (Å²) in [7, 11) is 0. The minimum Gasteiger partial charge on any atom is -0.333 e. The molecule has 0 saturated carbocycles. The fourth-order valence-corrected chi connectivity index (χ4v) is 2.64. The molecule has 5 heteroatoms. The van der Waals surface area contributed by atoms with Gasteiger partial charge in [0.1, 0.15) is 5.69 Å². The maximum Gasteiger partial charge on any atom is 0.274 e. The molecule has 2 heterocycles. The molecular weight excluding hydrogens is 240 g/mol. The molecule has 1 fully saturated rings. The Kier molecular flexibility index (Phi) is 4.24. The number of nitrogens with two attached hydrogens (primary N) is 1. The predicted octanol–water partition coefficient (Wildman–Crippen LogP) is 1.81. The fourth-order valence-electron chi connectivity index (χ4n) is 2.64. The van der Waals surface area contributed by atoms with Crippen molar-refractivity contribution in [3.63, 3.8) is 0 Å². The number of rotatable bonds is 3. The van der Waals surface area contributed by atoms with E-state index in [-0.39, 0.29) is 24.0 Å². The third-order valence-corrected chi connectivity index (χ3v) is 3.77. The Morgan fingerprint density at radius 1 is 1.42 bits per heavy atom. The molecule has 1 aromatic heterocycles. The maximum atomic E-state index is 12.5. The average molecular weight is 264 g/mol. The van der Waals surface area contributed by atoms with Crippen molar-refractivity contribution < 1.29 is 4.79 Å². The molecule has 2 rings (SSSR count). The van der Waals surface area contributed by atoms with Crippen LogP contribution in [-0.4, -0.2) is 39.2 Å². The summed E-state index contributed by atoms with van der Waals surface area (Å²) in [5.74, 6) is 0.0152. The van der Waals surface area contributed by atoms with E-state index in [2.05, 4.69) is 5.10 Å². The molecule has 1 aliphatic rings. The first-order chi connectivity index (χ1) is 9.00. The number of hydrogen-bond donors (Lipinski definition) is 1. The standard InChI is InChI=1S/C14H24N4O/c1-10(2)18-9-7-12(16-18)14(19)17-8-5-4-6-13(17)11(3)15/h7,9-11,13H,4-6,8,15H2,1-3H3/t11-,13-/m1/s1. The summed E-state index contributed by atoms with van der Waals surface area (Å²) < 4.78 is 1.82. The molecule has 0 spiro atoms. The van der Waals surface area contributed by atoms with Crippen molar-refractivity contribution >= 4 is 5.91 Å². The molecule has 1 aromatic rings. The smallest absolute Gasteiger partial charge is 0.274 e. The van der Waals surface area contributed by atoms with Crippen LogP contribution < -0.4 is 5.73 Å². The third-order valence-electron chi connectivity index (χ3n) is 3.77. The molecule has 2 N–H and O–H groups in total. The summed E-state index contributed by atoms with van der Waals surface area (Å²) in [6.07, 6.45) is 5.06. The first-order valence-corrected chi connectivity index (χ1v) is 7.12. The first-order valence-electron chi connectivity index (χ1n) is 7.12. The van der Waals surface area contributed by atoms with Crippen molar-refractivity contribution in [1.29, 1.82) is 0 Å². The minimum atomic E-state index is 0.0106. The summed E-state index contributed by atoms with van der Waals surface area (Å²) in [6, 6.07) is 2.23. The molecule has 5 nitrogen and oxygen atoms in total. The Balaban J connectivity index is 2.16. The van der Waals surface area contributed by atoms with E-state index in [4.69, 9.17) is 5.73 Å². The lowest BCUT2D eigenvalue weighted by atomic mass is 9.96. The van der Waals surface area contributed by atoms with Crippen LogP contribution in [0.25, 0.3) is 0 Å². The van der Waals surface area contributed by atoms with Gasteiger partial charge in [0.15, 0.2) is 0 Å². The summed E-state index contributed by atoms with van der Waals surface area (Å²) >= 11 is 0. The van der Waals surface area contributed by atoms with E-state index in [0.717, 1.165) is 25.8 Å². The Bertz CT molecular complexity index is 438. The molecule has 0 bridgehead atoms. The second-order valence-electron chi connectivity index (χ2n) is 5.70. The van der Waals surface area contributed by atoms with Gasteiger partial charge >= 0.3 is 0 Å². The topological polar surface area (TPSA) is 64.2 Å². The predicted molar refractivity (Wildman–Crippen MR) is 74.9 cm³/mol. The van der Waals surface area contributed by atoms with E-state index in [1.54, 1.807) is 6.07 Å². The van der Waals surface area contributed by atoms with E-state index in [9.17, 15) is 4.79 Å². The number of nitrogens with zero attached hydrogens (tertiary/aromatic N) is 3. The van der Waals surface area contributed by atoms with Gasteiger partial charge < -0.3 is 10.6 Å². The van der Waals surface area contributed by atoms with E-state index in [0.29, 0.717) is 5.69 Å². The van der Waals surface area contributed by atoms with Gasteiger partial charge in [0.25, 0.3) is 5.91 Å². The zero-order valence-electron chi connectivity index (χ0n) is 12.0. The van der Waals surface area contributed by atoms with Crippen molar-refractivity contribution in [3.8, 4) is 0 Å². The van der Waals surface area contributed by atoms with Crippen LogP contribution in [0.5, 0.6) is 0 Å². The monoisotopic (exact) mass is 264 g/mol. The highest BCUT2D eigenvalue weighted by atomic mass is 16.2. The van der Waals surface area contributed by atoms with Crippen LogP contribution in [0.3, 0.4) is 0 Å². The highest BCUT2D eigenvalue weighted by Gasteiger charge is 2.30. The van der Waals surface area contributed by atoms with Crippen LogP contribution in [0.15, 0.2) is 12.3 Å². The van der Waals surface area contributed by atoms with Gasteiger partial charge in [0.2, 0.25) is 0 Å². The Labute approximate surface area is 114 Å². The minimum absolute atomic E-state index is 0.0106. The van der Waals surface area contributed by atoms with Crippen LogP contribution in [0, 0.1) is 0 Å². The van der Waals surface area contributed by atoms with Gasteiger partial charge in [-0.05, 0) is 46.1 Å². The van der Waals surface area contributed by atoms with Crippen molar-refractivity contribution in [1.82, 2.24) is 14.7 Å². The number of piperidine rings is 1. The molecular formula is C14H24N4O. The Hall–Kier alpha value is -1.36. The zero-order chi connectivity index (χ0) is 14.0. The SMILES string of the molecule is CC(C)n1ccc(C(=O)N2CCCC[C@@H]2[C@@H](C)N)n1. The molecule has 1 saturated heterocycles. The quantitative estimate of drug-likeness (QED) is 0.905. The highest BCUT2D eigenvalue weighted by molar-refractivity contribution is 5.92. The largest absolute Gasteiger partial charge is 0.333 e. The van der Waals surface area contributed by atoms with Crippen LogP contribution in [0.4, 0.5) is 0 Å². The van der Waals surface area contributed by atoms with Gasteiger partial charge in [0.05, 0.1) is 0 Å². The lowest BCUT2D eigenvalue weighted by molar-refractivity contribution is 0.0576. The molecule has 1 amide bonds. The Morgan fingerprint density at radius 3 is 2.74 bits per heavy atom. The van der Waals surface area contributed by atoms with Crippen molar-refractivity contribution in [2.75, 3.05) is 6.54 Å². The van der Waals surface area contributed by atoms with E-state index < -0.39 is 0 Å². The molecule has 0 radical (unpaired) electrons. The molecule has 1 aliphatic heterocycles. The van der Waals surface area contributed by atoms with Crippen molar-refractivity contribution in [2.24, 2.45) is 5.73 Å². The highest BCUT2D eigenvalue weighted by Crippen LogP contribution is 2.21. The van der Waals surface area contributed by atoms with Crippen LogP contribution in [0.1, 0.15) is 56.6 Å². The second kappa shape index (κ2) is 5.74. The van der Waals surface area contributed by atoms with Gasteiger partial charge in [-0.2, -0.15) is 5.10 Å². The summed E-state index contributed by atoms with van der Waals surface area (Å²) in [4.78, 5) is 14.4. The van der Waals surface area contributed by atoms with E-state index in [1.165, 1.54) is 0 Å². The second-order valence-corrected chi connectivity index (χ2v) is 5.70. The van der Waals surface area contributed by atoms with Crippen LogP contribution in [-0.2, 0) is 0 Å². The van der Waals surface area contributed by atoms with Crippen molar-refractivity contribution in [2.45, 2.75) is 58.2 Å². The molecule has 2 atom stereocenters. The Morgan fingerprint density at radius 2 is 2.16 bits per heavy atom. The summed E-state index contributed by atoms with van der Waals surface area (Å²) in [6.45, 7) is 6.86. The number of carbonyl (C=O) groups is 1. The lowest BCUT2D eigenvalue weighted by Crippen LogP contribution is -2.51. The number of hydrogen-bond acceptors (Lipinski definition) is 3. The molecule has 0 aromatic carbocycles. The zero-order valence-corrected chi connectivity index (χ0v) is 12.0. The fraction of sp³-hybridized carbons (Fsp3) is 0.714. The third kappa shape index (κ3) is 2.97. The summed E-state index contributed by atoms with van der Waals surface area (Å²) in [5, 5.41) is 4.36. The van der Waals surface area contributed by atoms with Gasteiger partial charge in [-0.15, -0.1) is 0 Å². The van der Waals surface area contributed by atoms with Gasteiger partial charge in [-0.3, -0.25) is 9.48 Å². The number of aromatic nitrogens is 2. The van der Waals surface area contributed by atoms with Crippen molar-refractivity contribution in [3.05, 3.63) is 18.0 Å². The molecule has 0 unspecified atom stereocenters. The van der Waals surface area contributed by atoms with Gasteiger partial charge in [0, 0.05) is 30.9 Å². The van der Waals surface area contributed by atoms with Gasteiger partial charge in [-0.25, -0.2) is 0 Å². The first kappa shape index (κ1) is 14.1. The number of carbonyl (C=O) groups excluding carboxylic acids is 1. The number of amides is 1. The normalized spacial score (nSPS) is 21.7. The van der Waals surface area contributed by atoms with Crippen LogP contribution in [0.2, 0.25) is 0 Å². The number of likely N-dealkylation sites (tertiary alicyclic amines) is 1. The maximum absolute atomic E-state index is 12.5. The van der Waals surface area contributed by atoms with E-state index >= 15 is 0 Å². The summed E-state index contributed by atoms with van der Waals surface area (Å²) in [5.41, 5.74) is 6.54. The lowest BCUT2D eigenvalue weighted by Gasteiger charge is -2.37. The molecule has 0 aliphatic carbocycles. The molecule has 19 heavy (non-hydrogen) atoms. The average Bonchev–Trinajstić information content (AvgIpc) is 2.87. The van der Waals surface area contributed by atoms with Gasteiger partial charge in [-0.1, -0.05) is 0 Å². The van der Waals surface area contributed by atoms with Crippen LogP contribution >= 0.6 is 0 Å². The molecule has 106 valence electrons. The van der Waals surface area contributed by atoms with E-state index in [1.807, 2.05) is 36.5 Å².